The van der Waals surface area contributed by atoms with Crippen LogP contribution in [0.3, 0.4) is 0 Å². The van der Waals surface area contributed by atoms with Gasteiger partial charge in [-0.15, -0.1) is 0 Å². The van der Waals surface area contributed by atoms with E-state index in [9.17, 15) is 13.2 Å². The Morgan fingerprint density at radius 1 is 0.931 bits per heavy atom. The van der Waals surface area contributed by atoms with Crippen LogP contribution in [-0.4, -0.2) is 21.4 Å². The Morgan fingerprint density at radius 3 is 2.24 bits per heavy atom. The molecule has 1 atom stereocenters. The Morgan fingerprint density at radius 2 is 1.59 bits per heavy atom. The van der Waals surface area contributed by atoms with E-state index in [1.165, 1.54) is 11.4 Å². The maximum Gasteiger partial charge on any atom is 0.264 e. The molecule has 0 saturated carbocycles. The van der Waals surface area contributed by atoms with Gasteiger partial charge in [-0.3, -0.25) is 9.10 Å². The third kappa shape index (κ3) is 4.66. The molecular formula is C23H24N2O3S. The van der Waals surface area contributed by atoms with Crippen molar-refractivity contribution >= 4 is 21.6 Å². The van der Waals surface area contributed by atoms with Crippen molar-refractivity contribution < 1.29 is 13.2 Å². The van der Waals surface area contributed by atoms with Gasteiger partial charge in [0.15, 0.2) is 0 Å². The third-order valence-electron chi connectivity index (χ3n) is 4.80. The van der Waals surface area contributed by atoms with Gasteiger partial charge < -0.3 is 5.32 Å². The minimum absolute atomic E-state index is 0.165. The summed E-state index contributed by atoms with van der Waals surface area (Å²) in [6, 6.07) is 22.8. The summed E-state index contributed by atoms with van der Waals surface area (Å²) >= 11 is 0. The number of hydrogen-bond acceptors (Lipinski definition) is 3. The second-order valence-electron chi connectivity index (χ2n) is 6.94. The van der Waals surface area contributed by atoms with Crippen LogP contribution in [0.1, 0.15) is 34.5 Å². The number of rotatable bonds is 6. The van der Waals surface area contributed by atoms with Crippen LogP contribution in [0.5, 0.6) is 0 Å². The first-order valence-corrected chi connectivity index (χ1v) is 10.7. The number of hydrogen-bond donors (Lipinski definition) is 1. The number of benzene rings is 3. The smallest absolute Gasteiger partial charge is 0.264 e. The first-order valence-electron chi connectivity index (χ1n) is 9.30. The maximum atomic E-state index is 12.9. The number of amides is 1. The molecule has 0 bridgehead atoms. The van der Waals surface area contributed by atoms with Crippen LogP contribution < -0.4 is 9.62 Å². The molecule has 3 aromatic carbocycles. The van der Waals surface area contributed by atoms with Crippen LogP contribution in [0.15, 0.2) is 83.8 Å². The van der Waals surface area contributed by atoms with Gasteiger partial charge >= 0.3 is 0 Å². The fourth-order valence-corrected chi connectivity index (χ4v) is 4.14. The predicted octanol–water partition coefficient (Wildman–Crippen LogP) is 4.31. The minimum Gasteiger partial charge on any atom is -0.346 e. The minimum atomic E-state index is -3.72. The van der Waals surface area contributed by atoms with E-state index in [-0.39, 0.29) is 16.8 Å². The zero-order chi connectivity index (χ0) is 21.0. The van der Waals surface area contributed by atoms with E-state index in [1.54, 1.807) is 48.5 Å². The molecule has 150 valence electrons. The van der Waals surface area contributed by atoms with Crippen molar-refractivity contribution in [3.8, 4) is 0 Å². The van der Waals surface area contributed by atoms with Crippen LogP contribution in [0, 0.1) is 6.92 Å². The van der Waals surface area contributed by atoms with Crippen molar-refractivity contribution in [2.24, 2.45) is 0 Å². The Hall–Kier alpha value is -3.12. The summed E-state index contributed by atoms with van der Waals surface area (Å²) in [7, 11) is -2.23. The van der Waals surface area contributed by atoms with Gasteiger partial charge in [0.05, 0.1) is 16.6 Å². The summed E-state index contributed by atoms with van der Waals surface area (Å²) in [4.78, 5) is 12.9. The summed E-state index contributed by atoms with van der Waals surface area (Å²) in [6.07, 6.45) is 0. The van der Waals surface area contributed by atoms with Crippen molar-refractivity contribution in [3.63, 3.8) is 0 Å². The zero-order valence-corrected chi connectivity index (χ0v) is 17.5. The molecule has 0 spiro atoms. The van der Waals surface area contributed by atoms with Crippen LogP contribution >= 0.6 is 0 Å². The molecule has 0 aliphatic carbocycles. The molecular weight excluding hydrogens is 384 g/mol. The molecule has 0 aromatic heterocycles. The lowest BCUT2D eigenvalue weighted by atomic mass is 10.1. The van der Waals surface area contributed by atoms with E-state index in [0.29, 0.717) is 11.3 Å². The molecule has 0 saturated heterocycles. The Balaban J connectivity index is 1.81. The summed E-state index contributed by atoms with van der Waals surface area (Å²) < 4.78 is 27.0. The molecule has 0 aliphatic rings. The van der Waals surface area contributed by atoms with Gasteiger partial charge in [0.2, 0.25) is 0 Å². The Labute approximate surface area is 172 Å². The first kappa shape index (κ1) is 20.6. The summed E-state index contributed by atoms with van der Waals surface area (Å²) in [5.74, 6) is -0.260. The van der Waals surface area contributed by atoms with Crippen LogP contribution in [0.25, 0.3) is 0 Å². The number of sulfonamides is 1. The van der Waals surface area contributed by atoms with Gasteiger partial charge in [-0.2, -0.15) is 0 Å². The second kappa shape index (κ2) is 8.49. The molecule has 1 amide bonds. The number of carbonyl (C=O) groups is 1. The molecule has 0 aliphatic heterocycles. The highest BCUT2D eigenvalue weighted by atomic mass is 32.2. The van der Waals surface area contributed by atoms with Gasteiger partial charge in [0.1, 0.15) is 0 Å². The molecule has 6 heteroatoms. The number of carbonyl (C=O) groups excluding carboxylic acids is 1. The maximum absolute atomic E-state index is 12.9. The van der Waals surface area contributed by atoms with Crippen molar-refractivity contribution in [3.05, 3.63) is 95.6 Å². The predicted molar refractivity (Wildman–Crippen MR) is 116 cm³/mol. The topological polar surface area (TPSA) is 66.5 Å². The number of anilines is 1. The second-order valence-corrected chi connectivity index (χ2v) is 8.91. The van der Waals surface area contributed by atoms with Crippen LogP contribution in [0.2, 0.25) is 0 Å². The van der Waals surface area contributed by atoms with E-state index >= 15 is 0 Å². The summed E-state index contributed by atoms with van der Waals surface area (Å²) in [5, 5.41) is 2.95. The van der Waals surface area contributed by atoms with Crippen molar-refractivity contribution in [2.45, 2.75) is 24.8 Å². The first-order chi connectivity index (χ1) is 13.8. The standard InChI is InChI=1S/C23H24N2O3S/c1-17-12-14-22(15-13-17)29(27,28)25(3)21-11-7-10-20(16-21)23(26)24-18(2)19-8-5-4-6-9-19/h4-16,18H,1-3H3,(H,24,26)/t18-/m0/s1. The summed E-state index contributed by atoms with van der Waals surface area (Å²) in [6.45, 7) is 3.81. The molecule has 0 heterocycles. The van der Waals surface area contributed by atoms with E-state index < -0.39 is 10.0 Å². The largest absolute Gasteiger partial charge is 0.346 e. The van der Waals surface area contributed by atoms with E-state index in [4.69, 9.17) is 0 Å². The van der Waals surface area contributed by atoms with Gasteiger partial charge in [-0.25, -0.2) is 8.42 Å². The van der Waals surface area contributed by atoms with E-state index in [2.05, 4.69) is 5.32 Å². The monoisotopic (exact) mass is 408 g/mol. The fourth-order valence-electron chi connectivity index (χ4n) is 2.96. The fraction of sp³-hybridized carbons (Fsp3) is 0.174. The molecule has 0 radical (unpaired) electrons. The van der Waals surface area contributed by atoms with Crippen LogP contribution in [-0.2, 0) is 10.0 Å². The SMILES string of the molecule is Cc1ccc(S(=O)(=O)N(C)c2cccc(C(=O)N[C@@H](C)c3ccccc3)c2)cc1. The van der Waals surface area contributed by atoms with Gasteiger partial charge in [0, 0.05) is 12.6 Å². The average Bonchev–Trinajstić information content (AvgIpc) is 2.74. The average molecular weight is 409 g/mol. The molecule has 3 rings (SSSR count). The number of aryl methyl sites for hydroxylation is 1. The third-order valence-corrected chi connectivity index (χ3v) is 6.60. The zero-order valence-electron chi connectivity index (χ0n) is 16.7. The lowest BCUT2D eigenvalue weighted by molar-refractivity contribution is 0.0940. The van der Waals surface area contributed by atoms with Gasteiger partial charge in [0.25, 0.3) is 15.9 Å². The Kier molecular flexibility index (Phi) is 6.03. The van der Waals surface area contributed by atoms with E-state index in [0.717, 1.165) is 11.1 Å². The highest BCUT2D eigenvalue weighted by molar-refractivity contribution is 7.92. The Bertz CT molecular complexity index is 1090. The molecule has 5 nitrogen and oxygen atoms in total. The van der Waals surface area contributed by atoms with Crippen molar-refractivity contribution in [1.82, 2.24) is 5.32 Å². The quantitative estimate of drug-likeness (QED) is 0.661. The molecule has 1 N–H and O–H groups in total. The molecule has 0 unspecified atom stereocenters. The lowest BCUT2D eigenvalue weighted by Crippen LogP contribution is -2.28. The summed E-state index contributed by atoms with van der Waals surface area (Å²) in [5.41, 5.74) is 2.80. The number of nitrogens with zero attached hydrogens (tertiary/aromatic N) is 1. The lowest BCUT2D eigenvalue weighted by Gasteiger charge is -2.20. The highest BCUT2D eigenvalue weighted by Crippen LogP contribution is 2.23. The molecule has 29 heavy (non-hydrogen) atoms. The molecule has 3 aromatic rings. The highest BCUT2D eigenvalue weighted by Gasteiger charge is 2.22. The normalized spacial score (nSPS) is 12.2. The van der Waals surface area contributed by atoms with Crippen molar-refractivity contribution in [2.75, 3.05) is 11.4 Å². The van der Waals surface area contributed by atoms with E-state index in [1.807, 2.05) is 44.2 Å². The molecule has 0 fully saturated rings. The van der Waals surface area contributed by atoms with Crippen molar-refractivity contribution in [1.29, 1.82) is 0 Å². The van der Waals surface area contributed by atoms with Crippen LogP contribution in [0.4, 0.5) is 5.69 Å². The van der Waals surface area contributed by atoms with Gasteiger partial charge in [-0.05, 0) is 49.7 Å². The number of nitrogens with one attached hydrogen (secondary N) is 1. The van der Waals surface area contributed by atoms with Gasteiger partial charge in [-0.1, -0.05) is 54.1 Å².